The molecule has 0 fully saturated rings. The van der Waals surface area contributed by atoms with Crippen LogP contribution in [0.15, 0.2) is 53.5 Å². The Morgan fingerprint density at radius 2 is 1.93 bits per heavy atom. The zero-order chi connectivity index (χ0) is 20.4. The molecule has 2 aromatic rings. The van der Waals surface area contributed by atoms with Crippen molar-refractivity contribution >= 4 is 17.7 Å². The number of guanidine groups is 1. The summed E-state index contributed by atoms with van der Waals surface area (Å²) in [7, 11) is 2.99. The molecule has 0 saturated carbocycles. The lowest BCUT2D eigenvalue weighted by atomic mass is 10.2. The topological polar surface area (TPSA) is 84.0 Å². The van der Waals surface area contributed by atoms with Gasteiger partial charge in [-0.2, -0.15) is 0 Å². The van der Waals surface area contributed by atoms with Gasteiger partial charge in [-0.25, -0.2) is 9.18 Å². The number of ether oxygens (including phenoxy) is 2. The number of amides is 1. The minimum Gasteiger partial charge on any atom is -0.489 e. The molecule has 0 aliphatic rings. The average molecular weight is 388 g/mol. The molecular weight excluding hydrogens is 363 g/mol. The van der Waals surface area contributed by atoms with Crippen LogP contribution < -0.4 is 20.7 Å². The minimum atomic E-state index is -0.509. The van der Waals surface area contributed by atoms with Crippen LogP contribution >= 0.6 is 0 Å². The first-order valence-corrected chi connectivity index (χ1v) is 8.81. The number of halogens is 1. The Bertz CT molecular complexity index is 796. The highest BCUT2D eigenvalue weighted by molar-refractivity contribution is 5.84. The Morgan fingerprint density at radius 3 is 2.57 bits per heavy atom. The minimum absolute atomic E-state index is 0.177. The van der Waals surface area contributed by atoms with Crippen LogP contribution in [0.1, 0.15) is 12.5 Å². The number of nitrogens with one attached hydrogen (secondary N) is 3. The van der Waals surface area contributed by atoms with E-state index >= 15 is 0 Å². The quantitative estimate of drug-likeness (QED) is 0.501. The van der Waals surface area contributed by atoms with Gasteiger partial charge in [-0.15, -0.1) is 0 Å². The normalized spacial score (nSPS) is 12.1. The highest BCUT2D eigenvalue weighted by atomic mass is 19.1. The van der Waals surface area contributed by atoms with E-state index in [2.05, 4.69) is 25.7 Å². The van der Waals surface area contributed by atoms with Gasteiger partial charge in [0.2, 0.25) is 0 Å². The average Bonchev–Trinajstić information content (AvgIpc) is 2.69. The van der Waals surface area contributed by atoms with Crippen molar-refractivity contribution in [1.82, 2.24) is 10.6 Å². The third-order valence-corrected chi connectivity index (χ3v) is 3.76. The van der Waals surface area contributed by atoms with Crippen molar-refractivity contribution < 1.29 is 18.7 Å². The van der Waals surface area contributed by atoms with E-state index in [1.165, 1.54) is 19.2 Å². The number of methoxy groups -OCH3 is 1. The Labute approximate surface area is 164 Å². The fraction of sp³-hybridized carbons (Fsp3) is 0.300. The highest BCUT2D eigenvalue weighted by Gasteiger charge is 2.07. The molecule has 0 radical (unpaired) electrons. The lowest BCUT2D eigenvalue weighted by Crippen LogP contribution is -2.41. The molecule has 0 aromatic heterocycles. The van der Waals surface area contributed by atoms with E-state index in [4.69, 9.17) is 4.74 Å². The lowest BCUT2D eigenvalue weighted by molar-refractivity contribution is 0.187. The summed E-state index contributed by atoms with van der Waals surface area (Å²) in [4.78, 5) is 15.3. The number of carbonyl (C=O) groups excluding carboxylic acids is 1. The molecule has 0 aliphatic carbocycles. The van der Waals surface area contributed by atoms with Gasteiger partial charge in [0.25, 0.3) is 0 Å². The van der Waals surface area contributed by atoms with E-state index in [1.54, 1.807) is 31.3 Å². The molecule has 150 valence electrons. The van der Waals surface area contributed by atoms with Crippen molar-refractivity contribution in [3.63, 3.8) is 0 Å². The summed E-state index contributed by atoms with van der Waals surface area (Å²) in [6.07, 6.45) is -0.686. The molecule has 28 heavy (non-hydrogen) atoms. The smallest absolute Gasteiger partial charge is 0.411 e. The van der Waals surface area contributed by atoms with Gasteiger partial charge in [0, 0.05) is 25.3 Å². The van der Waals surface area contributed by atoms with Crippen LogP contribution in [0.2, 0.25) is 0 Å². The van der Waals surface area contributed by atoms with Crippen LogP contribution in [0.25, 0.3) is 0 Å². The van der Waals surface area contributed by atoms with Crippen molar-refractivity contribution in [3.05, 3.63) is 59.9 Å². The Hall–Kier alpha value is -3.29. The van der Waals surface area contributed by atoms with Crippen LogP contribution in [0.4, 0.5) is 14.9 Å². The summed E-state index contributed by atoms with van der Waals surface area (Å²) >= 11 is 0. The van der Waals surface area contributed by atoms with Gasteiger partial charge >= 0.3 is 6.09 Å². The molecule has 1 unspecified atom stereocenters. The SMILES string of the molecule is CN=C(NCc1ccc(NC(=O)OC)cc1)NCC(C)Oc1cccc(F)c1. The standard InChI is InChI=1S/C20H25FN4O3/c1-14(28-18-6-4-5-16(21)11-18)12-23-19(22-2)24-13-15-7-9-17(10-8-15)25-20(26)27-3/h4-11,14H,12-13H2,1-3H3,(H,25,26)(H2,22,23,24). The fourth-order valence-corrected chi connectivity index (χ4v) is 2.34. The van der Waals surface area contributed by atoms with Crippen LogP contribution in [-0.4, -0.2) is 38.9 Å². The molecule has 1 amide bonds. The number of nitrogens with zero attached hydrogens (tertiary/aromatic N) is 1. The summed E-state index contributed by atoms with van der Waals surface area (Å²) in [5.41, 5.74) is 1.67. The number of carbonyl (C=O) groups is 1. The number of benzene rings is 2. The number of hydrogen-bond donors (Lipinski definition) is 3. The van der Waals surface area contributed by atoms with E-state index in [1.807, 2.05) is 19.1 Å². The van der Waals surface area contributed by atoms with Gasteiger partial charge in [0.05, 0.1) is 13.7 Å². The summed E-state index contributed by atoms with van der Waals surface area (Å²) in [6.45, 7) is 2.94. The van der Waals surface area contributed by atoms with Crippen molar-refractivity contribution in [3.8, 4) is 5.75 Å². The first kappa shape index (κ1) is 21.0. The third-order valence-electron chi connectivity index (χ3n) is 3.76. The summed E-state index contributed by atoms with van der Waals surface area (Å²) in [5, 5.41) is 8.96. The van der Waals surface area contributed by atoms with Gasteiger partial charge < -0.3 is 20.1 Å². The third kappa shape index (κ3) is 7.14. The zero-order valence-corrected chi connectivity index (χ0v) is 16.2. The highest BCUT2D eigenvalue weighted by Crippen LogP contribution is 2.13. The van der Waals surface area contributed by atoms with Crippen LogP contribution in [-0.2, 0) is 11.3 Å². The maximum absolute atomic E-state index is 13.2. The van der Waals surface area contributed by atoms with Gasteiger partial charge in [0.15, 0.2) is 5.96 Å². The van der Waals surface area contributed by atoms with Gasteiger partial charge in [-0.05, 0) is 36.8 Å². The predicted octanol–water partition coefficient (Wildman–Crippen LogP) is 3.14. The summed E-state index contributed by atoms with van der Waals surface area (Å²) in [5.74, 6) is 0.771. The second-order valence-electron chi connectivity index (χ2n) is 6.01. The molecule has 2 aromatic carbocycles. The molecule has 0 saturated heterocycles. The maximum atomic E-state index is 13.2. The fourth-order valence-electron chi connectivity index (χ4n) is 2.34. The first-order valence-electron chi connectivity index (χ1n) is 8.81. The molecule has 7 nitrogen and oxygen atoms in total. The molecule has 8 heteroatoms. The Balaban J connectivity index is 1.77. The van der Waals surface area contributed by atoms with Crippen LogP contribution in [0, 0.1) is 5.82 Å². The second kappa shape index (κ2) is 10.8. The Kier molecular flexibility index (Phi) is 8.08. The van der Waals surface area contributed by atoms with E-state index in [9.17, 15) is 9.18 Å². The Morgan fingerprint density at radius 1 is 1.18 bits per heavy atom. The van der Waals surface area contributed by atoms with Crippen LogP contribution in [0.3, 0.4) is 0 Å². The number of anilines is 1. The molecule has 2 rings (SSSR count). The molecule has 0 aliphatic heterocycles. The van der Waals surface area contributed by atoms with Gasteiger partial charge in [-0.1, -0.05) is 18.2 Å². The van der Waals surface area contributed by atoms with E-state index in [-0.39, 0.29) is 11.9 Å². The molecule has 3 N–H and O–H groups in total. The molecule has 0 bridgehead atoms. The van der Waals surface area contributed by atoms with E-state index in [0.717, 1.165) is 5.56 Å². The summed E-state index contributed by atoms with van der Waals surface area (Å²) in [6, 6.07) is 13.4. The molecular formula is C20H25FN4O3. The number of rotatable bonds is 7. The zero-order valence-electron chi connectivity index (χ0n) is 16.2. The largest absolute Gasteiger partial charge is 0.489 e. The molecule has 0 heterocycles. The summed E-state index contributed by atoms with van der Waals surface area (Å²) < 4.78 is 23.4. The predicted molar refractivity (Wildman–Crippen MR) is 107 cm³/mol. The number of aliphatic imine (C=N–C) groups is 1. The molecule has 0 spiro atoms. The lowest BCUT2D eigenvalue weighted by Gasteiger charge is -2.18. The van der Waals surface area contributed by atoms with Crippen molar-refractivity contribution in [2.75, 3.05) is 26.0 Å². The van der Waals surface area contributed by atoms with Gasteiger partial charge in [0.1, 0.15) is 17.7 Å². The van der Waals surface area contributed by atoms with Crippen molar-refractivity contribution in [2.45, 2.75) is 19.6 Å². The first-order chi connectivity index (χ1) is 13.5. The monoisotopic (exact) mass is 388 g/mol. The van der Waals surface area contributed by atoms with E-state index < -0.39 is 6.09 Å². The van der Waals surface area contributed by atoms with Crippen molar-refractivity contribution in [1.29, 1.82) is 0 Å². The number of hydrogen-bond acceptors (Lipinski definition) is 4. The van der Waals surface area contributed by atoms with Crippen molar-refractivity contribution in [2.24, 2.45) is 4.99 Å². The van der Waals surface area contributed by atoms with E-state index in [0.29, 0.717) is 30.5 Å². The van der Waals surface area contributed by atoms with Crippen LogP contribution in [0.5, 0.6) is 5.75 Å². The maximum Gasteiger partial charge on any atom is 0.411 e. The second-order valence-corrected chi connectivity index (χ2v) is 6.01. The molecule has 1 atom stereocenters. The van der Waals surface area contributed by atoms with Gasteiger partial charge in [-0.3, -0.25) is 10.3 Å².